The van der Waals surface area contributed by atoms with Crippen LogP contribution in [0.3, 0.4) is 0 Å². The second-order valence-electron chi connectivity index (χ2n) is 6.11. The van der Waals surface area contributed by atoms with Gasteiger partial charge >= 0.3 is 0 Å². The van der Waals surface area contributed by atoms with Crippen LogP contribution in [0.25, 0.3) is 0 Å². The summed E-state index contributed by atoms with van der Waals surface area (Å²) in [4.78, 5) is 12.6. The van der Waals surface area contributed by atoms with Gasteiger partial charge in [-0.1, -0.05) is 24.3 Å². The average Bonchev–Trinajstić information content (AvgIpc) is 3.31. The molecule has 0 amide bonds. The van der Waals surface area contributed by atoms with Crippen molar-refractivity contribution in [2.45, 2.75) is 33.1 Å². The largest absolute Gasteiger partial charge is 0.494 e. The van der Waals surface area contributed by atoms with Crippen molar-refractivity contribution >= 4 is 5.78 Å². The lowest BCUT2D eigenvalue weighted by Gasteiger charge is -2.06. The molecular weight excluding hydrogens is 272 g/mol. The standard InChI is InChI=1S/C20H22O2/c1-4-22-17-9-7-15(8-10-17)18-12-19(18)20(21)16-6-5-13(2)14(3)11-16/h5-11,18-19H,4,12H2,1-3H3. The third-order valence-electron chi connectivity index (χ3n) is 4.54. The van der Waals surface area contributed by atoms with E-state index in [0.29, 0.717) is 12.5 Å². The number of ketones is 1. The molecule has 2 aromatic rings. The molecule has 1 aliphatic carbocycles. The van der Waals surface area contributed by atoms with Crippen LogP contribution in [0.5, 0.6) is 5.75 Å². The molecular formula is C20H22O2. The van der Waals surface area contributed by atoms with Gasteiger partial charge in [0.2, 0.25) is 0 Å². The lowest BCUT2D eigenvalue weighted by atomic mass is 9.99. The van der Waals surface area contributed by atoms with Crippen molar-refractivity contribution in [3.05, 3.63) is 64.7 Å². The molecule has 0 radical (unpaired) electrons. The van der Waals surface area contributed by atoms with Crippen molar-refractivity contribution < 1.29 is 9.53 Å². The van der Waals surface area contributed by atoms with Crippen molar-refractivity contribution in [3.63, 3.8) is 0 Å². The summed E-state index contributed by atoms with van der Waals surface area (Å²) in [6, 6.07) is 14.2. The number of carbonyl (C=O) groups is 1. The zero-order chi connectivity index (χ0) is 15.7. The number of rotatable bonds is 5. The number of Topliss-reactive ketones (excluding diaryl/α,β-unsaturated/α-hetero) is 1. The van der Waals surface area contributed by atoms with E-state index >= 15 is 0 Å². The van der Waals surface area contributed by atoms with Crippen LogP contribution in [0.4, 0.5) is 0 Å². The summed E-state index contributed by atoms with van der Waals surface area (Å²) in [5.74, 6) is 1.68. The molecule has 1 saturated carbocycles. The SMILES string of the molecule is CCOc1ccc(C2CC2C(=O)c2ccc(C)c(C)c2)cc1. The Morgan fingerprint density at radius 2 is 1.82 bits per heavy atom. The van der Waals surface area contributed by atoms with Gasteiger partial charge in [-0.05, 0) is 68.0 Å². The van der Waals surface area contributed by atoms with Crippen LogP contribution in [0.2, 0.25) is 0 Å². The van der Waals surface area contributed by atoms with Gasteiger partial charge in [0.05, 0.1) is 6.61 Å². The summed E-state index contributed by atoms with van der Waals surface area (Å²) in [5, 5.41) is 0. The Morgan fingerprint density at radius 1 is 1.09 bits per heavy atom. The maximum atomic E-state index is 12.6. The fraction of sp³-hybridized carbons (Fsp3) is 0.350. The van der Waals surface area contributed by atoms with Crippen molar-refractivity contribution in [2.75, 3.05) is 6.61 Å². The number of ether oxygens (including phenoxy) is 1. The van der Waals surface area contributed by atoms with Gasteiger partial charge in [0.15, 0.2) is 5.78 Å². The van der Waals surface area contributed by atoms with Gasteiger partial charge < -0.3 is 4.74 Å². The molecule has 0 bridgehead atoms. The monoisotopic (exact) mass is 294 g/mol. The number of hydrogen-bond acceptors (Lipinski definition) is 2. The summed E-state index contributed by atoms with van der Waals surface area (Å²) in [7, 11) is 0. The van der Waals surface area contributed by atoms with Gasteiger partial charge in [-0.2, -0.15) is 0 Å². The summed E-state index contributed by atoms with van der Waals surface area (Å²) in [6.45, 7) is 6.79. The molecule has 0 spiro atoms. The molecule has 2 unspecified atom stereocenters. The molecule has 2 atom stereocenters. The van der Waals surface area contributed by atoms with E-state index in [1.807, 2.05) is 37.3 Å². The minimum atomic E-state index is 0.139. The lowest BCUT2D eigenvalue weighted by molar-refractivity contribution is 0.0965. The normalized spacial score (nSPS) is 19.8. The molecule has 114 valence electrons. The van der Waals surface area contributed by atoms with Crippen LogP contribution in [0.1, 0.15) is 46.3 Å². The van der Waals surface area contributed by atoms with Crippen molar-refractivity contribution in [1.29, 1.82) is 0 Å². The minimum absolute atomic E-state index is 0.139. The second kappa shape index (κ2) is 5.96. The van der Waals surface area contributed by atoms with E-state index in [-0.39, 0.29) is 11.7 Å². The molecule has 1 aliphatic rings. The first-order valence-corrected chi connectivity index (χ1v) is 7.94. The van der Waals surface area contributed by atoms with Crippen LogP contribution in [0, 0.1) is 19.8 Å². The van der Waals surface area contributed by atoms with Gasteiger partial charge in [-0.15, -0.1) is 0 Å². The van der Waals surface area contributed by atoms with Gasteiger partial charge in [-0.3, -0.25) is 4.79 Å². The summed E-state index contributed by atoms with van der Waals surface area (Å²) >= 11 is 0. The van der Waals surface area contributed by atoms with Crippen molar-refractivity contribution in [1.82, 2.24) is 0 Å². The number of carbonyl (C=O) groups excluding carboxylic acids is 1. The van der Waals surface area contributed by atoms with E-state index in [1.165, 1.54) is 16.7 Å². The third kappa shape index (κ3) is 2.92. The van der Waals surface area contributed by atoms with Crippen molar-refractivity contribution in [3.8, 4) is 5.75 Å². The quantitative estimate of drug-likeness (QED) is 0.748. The average molecular weight is 294 g/mol. The summed E-state index contributed by atoms with van der Waals surface area (Å²) < 4.78 is 5.46. The highest BCUT2D eigenvalue weighted by Gasteiger charge is 2.43. The zero-order valence-electron chi connectivity index (χ0n) is 13.4. The molecule has 0 aromatic heterocycles. The van der Waals surface area contributed by atoms with Gasteiger partial charge in [-0.25, -0.2) is 0 Å². The Labute approximate surface area is 132 Å². The number of benzene rings is 2. The van der Waals surface area contributed by atoms with E-state index in [9.17, 15) is 4.79 Å². The smallest absolute Gasteiger partial charge is 0.166 e. The first kappa shape index (κ1) is 14.8. The Hall–Kier alpha value is -2.09. The predicted molar refractivity (Wildman–Crippen MR) is 88.7 cm³/mol. The molecule has 0 N–H and O–H groups in total. The fourth-order valence-corrected chi connectivity index (χ4v) is 2.94. The van der Waals surface area contributed by atoms with Crippen LogP contribution in [-0.2, 0) is 0 Å². The fourth-order valence-electron chi connectivity index (χ4n) is 2.94. The van der Waals surface area contributed by atoms with Crippen LogP contribution < -0.4 is 4.74 Å². The number of aryl methyl sites for hydroxylation is 2. The van der Waals surface area contributed by atoms with E-state index in [4.69, 9.17) is 4.74 Å². The van der Waals surface area contributed by atoms with Crippen LogP contribution in [0.15, 0.2) is 42.5 Å². The highest BCUT2D eigenvalue weighted by atomic mass is 16.5. The Morgan fingerprint density at radius 3 is 2.45 bits per heavy atom. The highest BCUT2D eigenvalue weighted by molar-refractivity contribution is 6.00. The highest BCUT2D eigenvalue weighted by Crippen LogP contribution is 2.49. The van der Waals surface area contributed by atoms with Crippen LogP contribution >= 0.6 is 0 Å². The predicted octanol–water partition coefficient (Wildman–Crippen LogP) is 4.69. The molecule has 0 heterocycles. The van der Waals surface area contributed by atoms with Gasteiger partial charge in [0.25, 0.3) is 0 Å². The first-order chi connectivity index (χ1) is 10.6. The minimum Gasteiger partial charge on any atom is -0.494 e. The second-order valence-corrected chi connectivity index (χ2v) is 6.11. The number of hydrogen-bond donors (Lipinski definition) is 0. The molecule has 2 heteroatoms. The molecule has 0 aliphatic heterocycles. The lowest BCUT2D eigenvalue weighted by Crippen LogP contribution is -2.04. The first-order valence-electron chi connectivity index (χ1n) is 7.94. The molecule has 2 nitrogen and oxygen atoms in total. The third-order valence-corrected chi connectivity index (χ3v) is 4.54. The molecule has 2 aromatic carbocycles. The zero-order valence-corrected chi connectivity index (χ0v) is 13.4. The Bertz CT molecular complexity index is 685. The summed E-state index contributed by atoms with van der Waals surface area (Å²) in [6.07, 6.45) is 0.958. The Kier molecular flexibility index (Phi) is 4.02. The van der Waals surface area contributed by atoms with E-state index < -0.39 is 0 Å². The van der Waals surface area contributed by atoms with Crippen LogP contribution in [-0.4, -0.2) is 12.4 Å². The van der Waals surface area contributed by atoms with Gasteiger partial charge in [0, 0.05) is 11.5 Å². The van der Waals surface area contributed by atoms with E-state index in [1.54, 1.807) is 0 Å². The molecule has 1 fully saturated rings. The van der Waals surface area contributed by atoms with Crippen molar-refractivity contribution in [2.24, 2.45) is 5.92 Å². The van der Waals surface area contributed by atoms with E-state index in [0.717, 1.165) is 17.7 Å². The molecule has 3 rings (SSSR count). The Balaban J connectivity index is 1.70. The summed E-state index contributed by atoms with van der Waals surface area (Å²) in [5.41, 5.74) is 4.51. The van der Waals surface area contributed by atoms with E-state index in [2.05, 4.69) is 26.0 Å². The topological polar surface area (TPSA) is 26.3 Å². The maximum Gasteiger partial charge on any atom is 0.166 e. The molecule has 0 saturated heterocycles. The maximum absolute atomic E-state index is 12.6. The van der Waals surface area contributed by atoms with Gasteiger partial charge in [0.1, 0.15) is 5.75 Å². The molecule has 22 heavy (non-hydrogen) atoms.